The number of aromatic nitrogens is 3. The van der Waals surface area contributed by atoms with Crippen molar-refractivity contribution >= 4 is 22.8 Å². The molecule has 0 radical (unpaired) electrons. The van der Waals surface area contributed by atoms with Gasteiger partial charge in [0.25, 0.3) is 5.91 Å². The number of nitrogens with zero attached hydrogens (tertiary/aromatic N) is 3. The van der Waals surface area contributed by atoms with Gasteiger partial charge in [-0.15, -0.1) is 0 Å². The van der Waals surface area contributed by atoms with Gasteiger partial charge in [-0.2, -0.15) is 0 Å². The van der Waals surface area contributed by atoms with Crippen LogP contribution in [0.25, 0.3) is 22.3 Å². The summed E-state index contributed by atoms with van der Waals surface area (Å²) in [6.45, 7) is 3.37. The van der Waals surface area contributed by atoms with E-state index in [1.165, 1.54) is 25.6 Å². The highest BCUT2D eigenvalue weighted by molar-refractivity contribution is 6.09. The maximum Gasteiger partial charge on any atom is 0.255 e. The summed E-state index contributed by atoms with van der Waals surface area (Å²) >= 11 is 0. The van der Waals surface area contributed by atoms with Gasteiger partial charge in [0.05, 0.1) is 17.7 Å². The first-order valence-corrected chi connectivity index (χ1v) is 11.8. The van der Waals surface area contributed by atoms with Crippen LogP contribution in [0.15, 0.2) is 24.5 Å². The molecule has 0 bridgehead atoms. The lowest BCUT2D eigenvalue weighted by Crippen LogP contribution is -2.39. The van der Waals surface area contributed by atoms with Crippen LogP contribution in [-0.2, 0) is 9.53 Å². The van der Waals surface area contributed by atoms with E-state index < -0.39 is 0 Å². The predicted molar refractivity (Wildman–Crippen MR) is 127 cm³/mol. The Balaban J connectivity index is 1.41. The number of H-pyrrole nitrogens is 1. The van der Waals surface area contributed by atoms with Crippen molar-refractivity contribution in [2.75, 3.05) is 33.4 Å². The number of rotatable bonds is 8. The molecule has 5 rings (SSSR count). The van der Waals surface area contributed by atoms with Crippen molar-refractivity contribution in [1.82, 2.24) is 25.2 Å². The molecule has 35 heavy (non-hydrogen) atoms. The fourth-order valence-corrected chi connectivity index (χ4v) is 4.48. The topological polar surface area (TPSA) is 109 Å². The van der Waals surface area contributed by atoms with Gasteiger partial charge in [-0.25, -0.2) is 14.4 Å². The number of carbonyl (C=O) groups excluding carboxylic acids is 2. The molecule has 184 valence electrons. The van der Waals surface area contributed by atoms with Crippen molar-refractivity contribution in [2.45, 2.75) is 32.2 Å². The second-order valence-electron chi connectivity index (χ2n) is 9.20. The normalized spacial score (nSPS) is 17.7. The summed E-state index contributed by atoms with van der Waals surface area (Å²) < 4.78 is 24.9. The zero-order chi connectivity index (χ0) is 24.5. The van der Waals surface area contributed by atoms with E-state index in [-0.39, 0.29) is 30.3 Å². The number of hydrogen-bond acceptors (Lipinski definition) is 6. The van der Waals surface area contributed by atoms with E-state index in [1.807, 2.05) is 0 Å². The van der Waals surface area contributed by atoms with Crippen LogP contribution in [0.2, 0.25) is 0 Å². The second kappa shape index (κ2) is 9.61. The average molecular weight is 482 g/mol. The fourth-order valence-electron chi connectivity index (χ4n) is 4.48. The molecule has 2 amide bonds. The van der Waals surface area contributed by atoms with E-state index in [2.05, 4.69) is 20.3 Å². The molecule has 1 aromatic carbocycles. The Bertz CT molecular complexity index is 1270. The van der Waals surface area contributed by atoms with Gasteiger partial charge in [0.15, 0.2) is 0 Å². The van der Waals surface area contributed by atoms with Crippen molar-refractivity contribution in [2.24, 2.45) is 5.92 Å². The number of carbonyl (C=O) groups is 2. The average Bonchev–Trinajstić information content (AvgIpc) is 3.43. The minimum absolute atomic E-state index is 0.0255. The first kappa shape index (κ1) is 23.2. The lowest BCUT2D eigenvalue weighted by Gasteiger charge is -2.16. The zero-order valence-corrected chi connectivity index (χ0v) is 19.8. The van der Waals surface area contributed by atoms with Gasteiger partial charge < -0.3 is 24.7 Å². The van der Waals surface area contributed by atoms with E-state index in [1.54, 1.807) is 17.9 Å². The van der Waals surface area contributed by atoms with E-state index in [0.29, 0.717) is 71.3 Å². The molecule has 2 aliphatic rings. The van der Waals surface area contributed by atoms with Crippen LogP contribution < -0.4 is 10.1 Å². The number of nitrogens with one attached hydrogen (secondary N) is 2. The summed E-state index contributed by atoms with van der Waals surface area (Å²) in [6, 6.07) is 4.21. The standard InChI is InChI=1S/C25H28FN5O4/c1-14-21(25(33)30-17-7-8-31(10-17)20(32)12-34-2)23-24(29-14)22(27-13-28-23)18-6-5-16(26)9-19(18)35-11-15-3-4-15/h5-6,9,13,15,17,29H,3-4,7-8,10-12H2,1-2H3,(H,30,33)/t17-/m1/s1. The smallest absolute Gasteiger partial charge is 0.255 e. The van der Waals surface area contributed by atoms with Gasteiger partial charge in [-0.05, 0) is 44.2 Å². The number of aryl methyl sites for hydroxylation is 1. The maximum absolute atomic E-state index is 14.0. The largest absolute Gasteiger partial charge is 0.492 e. The number of benzene rings is 1. The molecule has 2 fully saturated rings. The first-order chi connectivity index (χ1) is 16.9. The molecule has 1 saturated heterocycles. The van der Waals surface area contributed by atoms with E-state index in [4.69, 9.17) is 9.47 Å². The molecular formula is C25H28FN5O4. The molecule has 3 aromatic rings. The van der Waals surface area contributed by atoms with Crippen molar-refractivity contribution in [1.29, 1.82) is 0 Å². The molecule has 3 heterocycles. The second-order valence-corrected chi connectivity index (χ2v) is 9.20. The number of ether oxygens (including phenoxy) is 2. The van der Waals surface area contributed by atoms with Crippen LogP contribution in [0.5, 0.6) is 5.75 Å². The number of amides is 2. The number of methoxy groups -OCH3 is 1. The van der Waals surface area contributed by atoms with Crippen LogP contribution in [0, 0.1) is 18.7 Å². The third kappa shape index (κ3) is 4.84. The molecule has 1 atom stereocenters. The monoisotopic (exact) mass is 481 g/mol. The lowest BCUT2D eigenvalue weighted by molar-refractivity contribution is -0.134. The highest BCUT2D eigenvalue weighted by atomic mass is 19.1. The Morgan fingerprint density at radius 3 is 2.86 bits per heavy atom. The molecule has 2 N–H and O–H groups in total. The molecule has 9 nitrogen and oxygen atoms in total. The molecule has 0 unspecified atom stereocenters. The van der Waals surface area contributed by atoms with E-state index in [0.717, 1.165) is 12.8 Å². The van der Waals surface area contributed by atoms with Crippen LogP contribution in [0.3, 0.4) is 0 Å². The Kier molecular flexibility index (Phi) is 6.38. The summed E-state index contributed by atoms with van der Waals surface area (Å²) in [5.74, 6) is 0.178. The molecule has 1 aliphatic heterocycles. The lowest BCUT2D eigenvalue weighted by atomic mass is 10.1. The fraction of sp³-hybridized carbons (Fsp3) is 0.440. The molecule has 2 aromatic heterocycles. The Morgan fingerprint density at radius 1 is 1.26 bits per heavy atom. The molecule has 1 saturated carbocycles. The Hall–Kier alpha value is -3.53. The Morgan fingerprint density at radius 2 is 2.09 bits per heavy atom. The zero-order valence-electron chi connectivity index (χ0n) is 19.8. The number of hydrogen-bond donors (Lipinski definition) is 2. The number of fused-ring (bicyclic) bond motifs is 1. The molecule has 1 aliphatic carbocycles. The summed E-state index contributed by atoms with van der Waals surface area (Å²) in [7, 11) is 1.48. The van der Waals surface area contributed by atoms with Crippen molar-refractivity contribution < 1.29 is 23.5 Å². The Labute approximate surface area is 202 Å². The summed E-state index contributed by atoms with van der Waals surface area (Å²) in [6.07, 6.45) is 4.31. The SMILES string of the molecule is COCC(=O)N1CC[C@@H](NC(=O)c2c(C)[nH]c3c(-c4ccc(F)cc4OCC4CC4)ncnc23)C1. The number of aromatic amines is 1. The van der Waals surface area contributed by atoms with Crippen LogP contribution in [0.4, 0.5) is 4.39 Å². The highest BCUT2D eigenvalue weighted by Crippen LogP contribution is 2.36. The van der Waals surface area contributed by atoms with Gasteiger partial charge in [-0.1, -0.05) is 0 Å². The van der Waals surface area contributed by atoms with Crippen molar-refractivity contribution in [3.05, 3.63) is 41.6 Å². The van der Waals surface area contributed by atoms with Crippen LogP contribution >= 0.6 is 0 Å². The van der Waals surface area contributed by atoms with E-state index in [9.17, 15) is 14.0 Å². The summed E-state index contributed by atoms with van der Waals surface area (Å²) in [4.78, 5) is 39.1. The predicted octanol–water partition coefficient (Wildman–Crippen LogP) is 2.84. The quantitative estimate of drug-likeness (QED) is 0.512. The summed E-state index contributed by atoms with van der Waals surface area (Å²) in [5.41, 5.74) is 3.31. The maximum atomic E-state index is 14.0. The molecular weight excluding hydrogens is 453 g/mol. The van der Waals surface area contributed by atoms with Crippen molar-refractivity contribution in [3.63, 3.8) is 0 Å². The highest BCUT2D eigenvalue weighted by Gasteiger charge is 2.29. The first-order valence-electron chi connectivity index (χ1n) is 11.8. The minimum atomic E-state index is -0.387. The van der Waals surface area contributed by atoms with Gasteiger partial charge >= 0.3 is 0 Å². The third-order valence-corrected chi connectivity index (χ3v) is 6.51. The van der Waals surface area contributed by atoms with Gasteiger partial charge in [0.2, 0.25) is 5.91 Å². The minimum Gasteiger partial charge on any atom is -0.492 e. The van der Waals surface area contributed by atoms with Crippen LogP contribution in [0.1, 0.15) is 35.3 Å². The molecule has 10 heteroatoms. The number of halogens is 1. The van der Waals surface area contributed by atoms with Gasteiger partial charge in [-0.3, -0.25) is 9.59 Å². The van der Waals surface area contributed by atoms with Gasteiger partial charge in [0.1, 0.15) is 35.7 Å². The van der Waals surface area contributed by atoms with Crippen molar-refractivity contribution in [3.8, 4) is 17.0 Å². The van der Waals surface area contributed by atoms with Gasteiger partial charge in [0, 0.05) is 43.6 Å². The number of likely N-dealkylation sites (tertiary alicyclic amines) is 1. The molecule has 0 spiro atoms. The third-order valence-electron chi connectivity index (χ3n) is 6.51. The van der Waals surface area contributed by atoms with E-state index >= 15 is 0 Å². The summed E-state index contributed by atoms with van der Waals surface area (Å²) in [5, 5.41) is 3.03. The van der Waals surface area contributed by atoms with Crippen LogP contribution in [-0.4, -0.2) is 71.1 Å².